The second-order valence-electron chi connectivity index (χ2n) is 4.49. The van der Waals surface area contributed by atoms with Gasteiger partial charge in [-0.3, -0.25) is 0 Å². The van der Waals surface area contributed by atoms with Gasteiger partial charge in [0, 0.05) is 26.2 Å². The van der Waals surface area contributed by atoms with Crippen molar-refractivity contribution in [1.29, 1.82) is 0 Å². The van der Waals surface area contributed by atoms with Gasteiger partial charge in [0.05, 0.1) is 11.9 Å². The van der Waals surface area contributed by atoms with E-state index in [2.05, 4.69) is 10.0 Å². The fraction of sp³-hybridized carbons (Fsp3) is 1.00. The van der Waals surface area contributed by atoms with Crippen molar-refractivity contribution in [3.63, 3.8) is 0 Å². The van der Waals surface area contributed by atoms with Crippen molar-refractivity contribution in [1.82, 2.24) is 10.0 Å². The smallest absolute Gasteiger partial charge is 0.212 e. The highest BCUT2D eigenvalue weighted by molar-refractivity contribution is 7.89. The molecule has 0 spiro atoms. The molecule has 0 aliphatic heterocycles. The molecule has 2 unspecified atom stereocenters. The molecule has 1 saturated carbocycles. The molecule has 0 heterocycles. The van der Waals surface area contributed by atoms with E-state index in [1.807, 2.05) is 0 Å². The maximum Gasteiger partial charge on any atom is 0.212 e. The Balaban J connectivity index is 2.22. The van der Waals surface area contributed by atoms with Crippen LogP contribution in [0.1, 0.15) is 32.6 Å². The summed E-state index contributed by atoms with van der Waals surface area (Å²) in [6.07, 6.45) is 4.69. The highest BCUT2D eigenvalue weighted by Crippen LogP contribution is 2.20. The second kappa shape index (κ2) is 7.31. The van der Waals surface area contributed by atoms with Gasteiger partial charge in [-0.15, -0.1) is 0 Å². The summed E-state index contributed by atoms with van der Waals surface area (Å²) in [5.74, 6) is 0.148. The van der Waals surface area contributed by atoms with E-state index in [4.69, 9.17) is 4.74 Å². The van der Waals surface area contributed by atoms with Gasteiger partial charge in [-0.25, -0.2) is 13.1 Å². The molecule has 1 fully saturated rings. The maximum absolute atomic E-state index is 11.4. The summed E-state index contributed by atoms with van der Waals surface area (Å²) in [6, 6.07) is 0.394. The Kier molecular flexibility index (Phi) is 6.40. The minimum absolute atomic E-state index is 0.148. The molecule has 17 heavy (non-hydrogen) atoms. The van der Waals surface area contributed by atoms with Crippen LogP contribution in [-0.2, 0) is 14.8 Å². The molecule has 5 nitrogen and oxygen atoms in total. The zero-order valence-electron chi connectivity index (χ0n) is 10.7. The van der Waals surface area contributed by atoms with Crippen LogP contribution >= 0.6 is 0 Å². The second-order valence-corrected chi connectivity index (χ2v) is 6.42. The number of hydrogen-bond acceptors (Lipinski definition) is 4. The standard InChI is InChI=1S/C11H24N2O3S/c1-3-13-17(14,15)8-7-12-10-5-4-6-11(9-10)16-2/h10-13H,3-9H2,1-2H3. The van der Waals surface area contributed by atoms with Crippen molar-refractivity contribution >= 4 is 10.0 Å². The van der Waals surface area contributed by atoms with Gasteiger partial charge >= 0.3 is 0 Å². The van der Waals surface area contributed by atoms with Crippen LogP contribution in [0.4, 0.5) is 0 Å². The Morgan fingerprint density at radius 3 is 2.76 bits per heavy atom. The molecule has 6 heteroatoms. The Hall–Kier alpha value is -0.170. The summed E-state index contributed by atoms with van der Waals surface area (Å²) >= 11 is 0. The third kappa shape index (κ3) is 5.81. The lowest BCUT2D eigenvalue weighted by Gasteiger charge is -2.28. The fourth-order valence-electron chi connectivity index (χ4n) is 2.23. The van der Waals surface area contributed by atoms with Crippen molar-refractivity contribution in [2.24, 2.45) is 0 Å². The van der Waals surface area contributed by atoms with Crippen LogP contribution in [0.25, 0.3) is 0 Å². The number of hydrogen-bond donors (Lipinski definition) is 2. The van der Waals surface area contributed by atoms with Crippen LogP contribution < -0.4 is 10.0 Å². The lowest BCUT2D eigenvalue weighted by Crippen LogP contribution is -2.40. The Morgan fingerprint density at radius 2 is 2.12 bits per heavy atom. The van der Waals surface area contributed by atoms with Crippen molar-refractivity contribution in [2.75, 3.05) is 26.0 Å². The van der Waals surface area contributed by atoms with Gasteiger partial charge in [0.25, 0.3) is 0 Å². The minimum atomic E-state index is -3.10. The van der Waals surface area contributed by atoms with Gasteiger partial charge in [-0.05, 0) is 25.7 Å². The molecule has 0 saturated heterocycles. The summed E-state index contributed by atoms with van der Waals surface area (Å²) < 4.78 is 30.7. The van der Waals surface area contributed by atoms with Crippen LogP contribution in [0.15, 0.2) is 0 Å². The topological polar surface area (TPSA) is 67.4 Å². The van der Waals surface area contributed by atoms with Crippen molar-refractivity contribution in [3.05, 3.63) is 0 Å². The molecule has 0 radical (unpaired) electrons. The van der Waals surface area contributed by atoms with E-state index < -0.39 is 10.0 Å². The zero-order chi connectivity index (χ0) is 12.7. The SMILES string of the molecule is CCNS(=O)(=O)CCNC1CCCC(OC)C1. The van der Waals surface area contributed by atoms with E-state index in [1.165, 1.54) is 0 Å². The molecule has 1 aliphatic rings. The van der Waals surface area contributed by atoms with E-state index in [0.29, 0.717) is 25.2 Å². The fourth-order valence-corrected chi connectivity index (χ4v) is 3.20. The Labute approximate surface area is 104 Å². The van der Waals surface area contributed by atoms with E-state index in [9.17, 15) is 8.42 Å². The summed E-state index contributed by atoms with van der Waals surface area (Å²) in [6.45, 7) is 2.75. The van der Waals surface area contributed by atoms with Crippen molar-refractivity contribution < 1.29 is 13.2 Å². The van der Waals surface area contributed by atoms with Crippen molar-refractivity contribution in [3.8, 4) is 0 Å². The Bertz CT molecular complexity index is 306. The van der Waals surface area contributed by atoms with Crippen LogP contribution in [0.5, 0.6) is 0 Å². The number of sulfonamides is 1. The van der Waals surface area contributed by atoms with E-state index in [-0.39, 0.29) is 5.75 Å². The largest absolute Gasteiger partial charge is 0.381 e. The first-order valence-electron chi connectivity index (χ1n) is 6.31. The first-order valence-corrected chi connectivity index (χ1v) is 7.96. The quantitative estimate of drug-likeness (QED) is 0.701. The van der Waals surface area contributed by atoms with Crippen molar-refractivity contribution in [2.45, 2.75) is 44.8 Å². The number of ether oxygens (including phenoxy) is 1. The molecule has 0 aromatic carbocycles. The highest BCUT2D eigenvalue weighted by atomic mass is 32.2. The van der Waals surface area contributed by atoms with E-state index in [1.54, 1.807) is 14.0 Å². The molecule has 1 rings (SSSR count). The molecule has 102 valence electrons. The molecule has 1 aliphatic carbocycles. The normalized spacial score (nSPS) is 26.0. The minimum Gasteiger partial charge on any atom is -0.381 e. The molecule has 2 atom stereocenters. The predicted molar refractivity (Wildman–Crippen MR) is 68.5 cm³/mol. The van der Waals surface area contributed by atoms with E-state index >= 15 is 0 Å². The molecular weight excluding hydrogens is 240 g/mol. The van der Waals surface area contributed by atoms with Crippen LogP contribution in [0, 0.1) is 0 Å². The van der Waals surface area contributed by atoms with Crippen LogP contribution in [0.3, 0.4) is 0 Å². The molecular formula is C11H24N2O3S. The molecule has 0 amide bonds. The van der Waals surface area contributed by atoms with Gasteiger partial charge in [-0.1, -0.05) is 6.92 Å². The number of methoxy groups -OCH3 is 1. The summed E-state index contributed by atoms with van der Waals surface area (Å²) in [4.78, 5) is 0. The summed E-state index contributed by atoms with van der Waals surface area (Å²) in [5.41, 5.74) is 0. The highest BCUT2D eigenvalue weighted by Gasteiger charge is 2.21. The number of rotatable bonds is 7. The predicted octanol–water partition coefficient (Wildman–Crippen LogP) is 0.473. The van der Waals surface area contributed by atoms with Gasteiger partial charge in [0.2, 0.25) is 10.0 Å². The third-order valence-electron chi connectivity index (χ3n) is 3.13. The third-order valence-corrected chi connectivity index (χ3v) is 4.60. The number of nitrogens with one attached hydrogen (secondary N) is 2. The molecule has 0 bridgehead atoms. The zero-order valence-corrected chi connectivity index (χ0v) is 11.6. The molecule has 2 N–H and O–H groups in total. The van der Waals surface area contributed by atoms with Gasteiger partial charge in [-0.2, -0.15) is 0 Å². The summed E-state index contributed by atoms with van der Waals surface area (Å²) in [5, 5.41) is 3.30. The summed E-state index contributed by atoms with van der Waals surface area (Å²) in [7, 11) is -1.36. The monoisotopic (exact) mass is 264 g/mol. The lowest BCUT2D eigenvalue weighted by atomic mass is 9.93. The van der Waals surface area contributed by atoms with Crippen LogP contribution in [0.2, 0.25) is 0 Å². The Morgan fingerprint density at radius 1 is 1.35 bits per heavy atom. The maximum atomic E-state index is 11.4. The molecule has 0 aromatic heterocycles. The van der Waals surface area contributed by atoms with Crippen LogP contribution in [-0.4, -0.2) is 46.5 Å². The molecule has 0 aromatic rings. The van der Waals surface area contributed by atoms with Gasteiger partial charge in [0.15, 0.2) is 0 Å². The first-order chi connectivity index (χ1) is 8.07. The van der Waals surface area contributed by atoms with Gasteiger partial charge in [0.1, 0.15) is 0 Å². The average molecular weight is 264 g/mol. The van der Waals surface area contributed by atoms with Gasteiger partial charge < -0.3 is 10.1 Å². The van der Waals surface area contributed by atoms with E-state index in [0.717, 1.165) is 25.7 Å². The first kappa shape index (κ1) is 14.9. The lowest BCUT2D eigenvalue weighted by molar-refractivity contribution is 0.0592. The average Bonchev–Trinajstić information content (AvgIpc) is 2.29.